The number of anilines is 1. The molecule has 2 aliphatic rings. The van der Waals surface area contributed by atoms with E-state index in [2.05, 4.69) is 20.2 Å². The molecule has 2 amide bonds. The molecule has 2 fully saturated rings. The molecule has 1 aromatic carbocycles. The van der Waals surface area contributed by atoms with E-state index in [1.807, 2.05) is 42.2 Å². The van der Waals surface area contributed by atoms with Crippen molar-refractivity contribution >= 4 is 17.8 Å². The molecule has 1 aromatic heterocycles. The van der Waals surface area contributed by atoms with Gasteiger partial charge in [0.25, 0.3) is 0 Å². The monoisotopic (exact) mass is 379 g/mol. The molecule has 1 saturated heterocycles. The maximum Gasteiger partial charge on any atom is 0.238 e. The summed E-state index contributed by atoms with van der Waals surface area (Å²) in [4.78, 5) is 38.4. The number of hydrogen-bond acceptors (Lipinski definition) is 5. The zero-order valence-electron chi connectivity index (χ0n) is 16.0. The Morgan fingerprint density at radius 1 is 1.00 bits per heavy atom. The second-order valence-electron chi connectivity index (χ2n) is 7.52. The summed E-state index contributed by atoms with van der Waals surface area (Å²) < 4.78 is 0. The number of aromatic nitrogens is 2. The fourth-order valence-corrected chi connectivity index (χ4v) is 3.69. The van der Waals surface area contributed by atoms with Gasteiger partial charge in [0.15, 0.2) is 0 Å². The van der Waals surface area contributed by atoms with Gasteiger partial charge in [0.05, 0.1) is 6.04 Å². The average molecular weight is 379 g/mol. The van der Waals surface area contributed by atoms with Crippen LogP contribution in [-0.4, -0.2) is 52.9 Å². The van der Waals surface area contributed by atoms with Crippen molar-refractivity contribution in [1.82, 2.24) is 20.2 Å². The first kappa shape index (κ1) is 18.4. The molecule has 2 aromatic rings. The topological polar surface area (TPSA) is 78.4 Å². The lowest BCUT2D eigenvalue weighted by molar-refractivity contribution is -0.144. The van der Waals surface area contributed by atoms with Crippen LogP contribution in [-0.2, 0) is 9.59 Å². The number of carbonyl (C=O) groups excluding carboxylic acids is 2. The summed E-state index contributed by atoms with van der Waals surface area (Å²) in [5.41, 5.74) is 0.157. The molecule has 7 nitrogen and oxygen atoms in total. The van der Waals surface area contributed by atoms with E-state index < -0.39 is 5.41 Å². The van der Waals surface area contributed by atoms with E-state index >= 15 is 0 Å². The van der Waals surface area contributed by atoms with Gasteiger partial charge >= 0.3 is 0 Å². The van der Waals surface area contributed by atoms with Crippen molar-refractivity contribution in [1.29, 1.82) is 0 Å². The van der Waals surface area contributed by atoms with E-state index in [0.29, 0.717) is 45.0 Å². The van der Waals surface area contributed by atoms with Crippen LogP contribution in [0.5, 0.6) is 0 Å². The summed E-state index contributed by atoms with van der Waals surface area (Å²) in [6.45, 7) is 4.47. The fourth-order valence-electron chi connectivity index (χ4n) is 3.69. The van der Waals surface area contributed by atoms with Crippen LogP contribution in [0.15, 0.2) is 48.8 Å². The predicted molar refractivity (Wildman–Crippen MR) is 105 cm³/mol. The van der Waals surface area contributed by atoms with Gasteiger partial charge in [-0.25, -0.2) is 9.97 Å². The molecule has 1 saturated carbocycles. The minimum absolute atomic E-state index is 0.0427. The Labute approximate surface area is 164 Å². The number of benzene rings is 1. The highest BCUT2D eigenvalue weighted by molar-refractivity contribution is 6.08. The molecule has 1 atom stereocenters. The first-order valence-electron chi connectivity index (χ1n) is 9.77. The Balaban J connectivity index is 1.36. The molecule has 1 aliphatic carbocycles. The van der Waals surface area contributed by atoms with Crippen LogP contribution >= 0.6 is 0 Å². The number of piperazine rings is 1. The maximum atomic E-state index is 13.1. The summed E-state index contributed by atoms with van der Waals surface area (Å²) in [7, 11) is 0. The van der Waals surface area contributed by atoms with Crippen molar-refractivity contribution in [3.8, 4) is 0 Å². The van der Waals surface area contributed by atoms with Gasteiger partial charge in [-0.1, -0.05) is 30.3 Å². The van der Waals surface area contributed by atoms with Gasteiger partial charge in [0.1, 0.15) is 5.41 Å². The minimum atomic E-state index is -0.880. The van der Waals surface area contributed by atoms with Gasteiger partial charge < -0.3 is 15.1 Å². The predicted octanol–water partition coefficient (Wildman–Crippen LogP) is 1.78. The van der Waals surface area contributed by atoms with Crippen molar-refractivity contribution in [2.45, 2.75) is 25.8 Å². The molecule has 0 spiro atoms. The van der Waals surface area contributed by atoms with E-state index in [1.54, 1.807) is 18.5 Å². The molecule has 2 heterocycles. The Morgan fingerprint density at radius 3 is 2.25 bits per heavy atom. The van der Waals surface area contributed by atoms with Crippen molar-refractivity contribution in [2.24, 2.45) is 5.41 Å². The Kier molecular flexibility index (Phi) is 4.98. The fraction of sp³-hybridized carbons (Fsp3) is 0.429. The van der Waals surface area contributed by atoms with Gasteiger partial charge in [-0.05, 0) is 31.4 Å². The van der Waals surface area contributed by atoms with Crippen LogP contribution in [0.4, 0.5) is 5.95 Å². The molecule has 7 heteroatoms. The summed E-state index contributed by atoms with van der Waals surface area (Å²) in [5, 5.41) is 3.04. The Hall–Kier alpha value is -2.96. The molecule has 1 aliphatic heterocycles. The van der Waals surface area contributed by atoms with Crippen LogP contribution < -0.4 is 10.2 Å². The third-order valence-corrected chi connectivity index (χ3v) is 5.64. The standard InChI is InChI=1S/C21H25N5O2/c1-16(17-6-3-2-4-7-17)24-18(27)21(8-9-21)19(28)25-12-14-26(15-13-25)20-22-10-5-11-23-20/h2-7,10-11,16H,8-9,12-15H2,1H3,(H,24,27). The molecule has 0 bridgehead atoms. The highest BCUT2D eigenvalue weighted by Crippen LogP contribution is 2.48. The molecule has 0 radical (unpaired) electrons. The Morgan fingerprint density at radius 2 is 1.64 bits per heavy atom. The molecule has 4 rings (SSSR count). The zero-order valence-corrected chi connectivity index (χ0v) is 16.0. The van der Waals surface area contributed by atoms with E-state index in [4.69, 9.17) is 0 Å². The second kappa shape index (κ2) is 7.58. The highest BCUT2D eigenvalue weighted by atomic mass is 16.2. The summed E-state index contributed by atoms with van der Waals surface area (Å²) in [6, 6.07) is 11.5. The Bertz CT molecular complexity index is 830. The number of nitrogens with one attached hydrogen (secondary N) is 1. The molecule has 146 valence electrons. The van der Waals surface area contributed by atoms with Gasteiger partial charge in [-0.3, -0.25) is 9.59 Å². The van der Waals surface area contributed by atoms with Crippen molar-refractivity contribution < 1.29 is 9.59 Å². The van der Waals surface area contributed by atoms with Crippen molar-refractivity contribution in [3.63, 3.8) is 0 Å². The lowest BCUT2D eigenvalue weighted by Crippen LogP contribution is -2.53. The molecule has 28 heavy (non-hydrogen) atoms. The number of nitrogens with zero attached hydrogens (tertiary/aromatic N) is 4. The second-order valence-corrected chi connectivity index (χ2v) is 7.52. The van der Waals surface area contributed by atoms with Crippen LogP contribution in [0.2, 0.25) is 0 Å². The summed E-state index contributed by atoms with van der Waals surface area (Å²) in [6.07, 6.45) is 4.69. The summed E-state index contributed by atoms with van der Waals surface area (Å²) in [5.74, 6) is 0.492. The SMILES string of the molecule is CC(NC(=O)C1(C(=O)N2CCN(c3ncccn3)CC2)CC1)c1ccccc1. The van der Waals surface area contributed by atoms with Crippen LogP contribution in [0.1, 0.15) is 31.4 Å². The first-order valence-corrected chi connectivity index (χ1v) is 9.77. The van der Waals surface area contributed by atoms with Gasteiger partial charge in [0, 0.05) is 38.6 Å². The maximum absolute atomic E-state index is 13.1. The number of rotatable bonds is 5. The summed E-state index contributed by atoms with van der Waals surface area (Å²) >= 11 is 0. The molecule has 1 unspecified atom stereocenters. The first-order chi connectivity index (χ1) is 13.6. The number of carbonyl (C=O) groups is 2. The van der Waals surface area contributed by atoms with Crippen molar-refractivity contribution in [3.05, 3.63) is 54.4 Å². The highest BCUT2D eigenvalue weighted by Gasteiger charge is 2.58. The van der Waals surface area contributed by atoms with Crippen LogP contribution in [0.25, 0.3) is 0 Å². The number of hydrogen-bond donors (Lipinski definition) is 1. The third-order valence-electron chi connectivity index (χ3n) is 5.64. The third kappa shape index (κ3) is 3.56. The van der Waals surface area contributed by atoms with Gasteiger partial charge in [-0.2, -0.15) is 0 Å². The van der Waals surface area contributed by atoms with Gasteiger partial charge in [-0.15, -0.1) is 0 Å². The quantitative estimate of drug-likeness (QED) is 0.802. The van der Waals surface area contributed by atoms with Crippen molar-refractivity contribution in [2.75, 3.05) is 31.1 Å². The van der Waals surface area contributed by atoms with E-state index in [-0.39, 0.29) is 17.9 Å². The average Bonchev–Trinajstić information content (AvgIpc) is 3.57. The van der Waals surface area contributed by atoms with Gasteiger partial charge in [0.2, 0.25) is 17.8 Å². The van der Waals surface area contributed by atoms with E-state index in [0.717, 1.165) is 5.56 Å². The molecular formula is C21H25N5O2. The van der Waals surface area contributed by atoms with E-state index in [9.17, 15) is 9.59 Å². The molecular weight excluding hydrogens is 354 g/mol. The van der Waals surface area contributed by atoms with Crippen LogP contribution in [0, 0.1) is 5.41 Å². The zero-order chi connectivity index (χ0) is 19.6. The lowest BCUT2D eigenvalue weighted by atomic mass is 10.0. The smallest absolute Gasteiger partial charge is 0.238 e. The lowest BCUT2D eigenvalue weighted by Gasteiger charge is -2.36. The largest absolute Gasteiger partial charge is 0.349 e. The minimum Gasteiger partial charge on any atom is -0.349 e. The van der Waals surface area contributed by atoms with Crippen LogP contribution in [0.3, 0.4) is 0 Å². The molecule has 1 N–H and O–H groups in total. The van der Waals surface area contributed by atoms with E-state index in [1.165, 1.54) is 0 Å². The number of amides is 2. The normalized spacial score (nSPS) is 19.0.